The van der Waals surface area contributed by atoms with Crippen molar-refractivity contribution in [3.05, 3.63) is 23.4 Å². The first-order valence-corrected chi connectivity index (χ1v) is 7.74. The summed E-state index contributed by atoms with van der Waals surface area (Å²) in [4.78, 5) is 18.1. The first kappa shape index (κ1) is 14.2. The maximum absolute atomic E-state index is 11.2. The molecule has 1 aromatic rings. The number of hydrogen-bond donors (Lipinski definition) is 1. The number of carboxylic acids is 1. The molecule has 0 amide bonds. The van der Waals surface area contributed by atoms with Crippen molar-refractivity contribution in [2.45, 2.75) is 32.7 Å². The molecule has 0 spiro atoms. The van der Waals surface area contributed by atoms with E-state index in [-0.39, 0.29) is 5.92 Å². The topological polar surface area (TPSA) is 53.4 Å². The third-order valence-corrected chi connectivity index (χ3v) is 4.52. The SMILES string of the molecule is CC(C)c1cc(C(=O)O)cc(N2CCSCC2C)n1. The Bertz CT molecular complexity index is 477. The van der Waals surface area contributed by atoms with Gasteiger partial charge in [0, 0.05) is 29.8 Å². The summed E-state index contributed by atoms with van der Waals surface area (Å²) < 4.78 is 0. The van der Waals surface area contributed by atoms with Crippen LogP contribution in [-0.4, -0.2) is 40.2 Å². The number of aromatic nitrogens is 1. The Morgan fingerprint density at radius 1 is 1.53 bits per heavy atom. The first-order valence-electron chi connectivity index (χ1n) is 6.58. The second-order valence-corrected chi connectivity index (χ2v) is 6.37. The number of pyridine rings is 1. The van der Waals surface area contributed by atoms with Crippen molar-refractivity contribution in [3.8, 4) is 0 Å². The number of nitrogens with zero attached hydrogens (tertiary/aromatic N) is 2. The molecule has 0 radical (unpaired) electrons. The highest BCUT2D eigenvalue weighted by atomic mass is 32.2. The largest absolute Gasteiger partial charge is 0.478 e. The van der Waals surface area contributed by atoms with E-state index in [1.807, 2.05) is 25.6 Å². The van der Waals surface area contributed by atoms with E-state index < -0.39 is 5.97 Å². The summed E-state index contributed by atoms with van der Waals surface area (Å²) in [6.45, 7) is 7.16. The molecule has 1 saturated heterocycles. The van der Waals surface area contributed by atoms with Crippen LogP contribution in [0.2, 0.25) is 0 Å². The molecule has 1 aliphatic rings. The van der Waals surface area contributed by atoms with Gasteiger partial charge in [-0.2, -0.15) is 11.8 Å². The van der Waals surface area contributed by atoms with E-state index in [2.05, 4.69) is 16.8 Å². The van der Waals surface area contributed by atoms with Crippen LogP contribution in [0.5, 0.6) is 0 Å². The van der Waals surface area contributed by atoms with Crippen molar-refractivity contribution in [3.63, 3.8) is 0 Å². The van der Waals surface area contributed by atoms with Crippen LogP contribution in [0.1, 0.15) is 42.7 Å². The fourth-order valence-electron chi connectivity index (χ4n) is 2.17. The Morgan fingerprint density at radius 3 is 2.84 bits per heavy atom. The Hall–Kier alpha value is -1.23. The zero-order valence-corrected chi connectivity index (χ0v) is 12.4. The summed E-state index contributed by atoms with van der Waals surface area (Å²) in [5.41, 5.74) is 1.18. The summed E-state index contributed by atoms with van der Waals surface area (Å²) in [7, 11) is 0. The molecule has 4 nitrogen and oxygen atoms in total. The van der Waals surface area contributed by atoms with Gasteiger partial charge in [-0.15, -0.1) is 0 Å². The van der Waals surface area contributed by atoms with Crippen LogP contribution in [0, 0.1) is 0 Å². The van der Waals surface area contributed by atoms with Gasteiger partial charge in [-0.3, -0.25) is 0 Å². The van der Waals surface area contributed by atoms with Gasteiger partial charge < -0.3 is 10.0 Å². The lowest BCUT2D eigenvalue weighted by Crippen LogP contribution is -2.41. The average Bonchev–Trinajstić information content (AvgIpc) is 2.38. The van der Waals surface area contributed by atoms with Crippen LogP contribution < -0.4 is 4.90 Å². The lowest BCUT2D eigenvalue weighted by Gasteiger charge is -2.34. The standard InChI is InChI=1S/C14H20N2O2S/c1-9(2)12-6-11(14(17)18)7-13(15-12)16-4-5-19-8-10(16)3/h6-7,9-10H,4-5,8H2,1-3H3,(H,17,18). The number of hydrogen-bond acceptors (Lipinski definition) is 4. The Kier molecular flexibility index (Phi) is 4.34. The number of carbonyl (C=O) groups is 1. The molecule has 0 aliphatic carbocycles. The van der Waals surface area contributed by atoms with Gasteiger partial charge in [0.1, 0.15) is 5.82 Å². The molecule has 0 aromatic carbocycles. The molecule has 1 atom stereocenters. The van der Waals surface area contributed by atoms with Gasteiger partial charge in [-0.1, -0.05) is 13.8 Å². The number of anilines is 1. The van der Waals surface area contributed by atoms with Gasteiger partial charge in [-0.25, -0.2) is 9.78 Å². The summed E-state index contributed by atoms with van der Waals surface area (Å²) in [6, 6.07) is 3.77. The van der Waals surface area contributed by atoms with Crippen LogP contribution >= 0.6 is 11.8 Å². The third-order valence-electron chi connectivity index (χ3n) is 3.33. The second-order valence-electron chi connectivity index (χ2n) is 5.22. The Balaban J connectivity index is 2.40. The lowest BCUT2D eigenvalue weighted by atomic mass is 10.1. The molecule has 1 aromatic heterocycles. The molecule has 1 N–H and O–H groups in total. The fourth-order valence-corrected chi connectivity index (χ4v) is 3.18. The quantitative estimate of drug-likeness (QED) is 0.922. The molecule has 2 heterocycles. The summed E-state index contributed by atoms with van der Waals surface area (Å²) in [5.74, 6) is 2.28. The molecule has 1 fully saturated rings. The highest BCUT2D eigenvalue weighted by Gasteiger charge is 2.22. The van der Waals surface area contributed by atoms with E-state index in [4.69, 9.17) is 0 Å². The van der Waals surface area contributed by atoms with E-state index in [0.717, 1.165) is 29.6 Å². The van der Waals surface area contributed by atoms with Crippen LogP contribution in [0.4, 0.5) is 5.82 Å². The van der Waals surface area contributed by atoms with E-state index in [0.29, 0.717) is 11.6 Å². The normalized spacial score (nSPS) is 19.8. The number of aromatic carboxylic acids is 1. The van der Waals surface area contributed by atoms with Crippen molar-refractivity contribution < 1.29 is 9.90 Å². The van der Waals surface area contributed by atoms with Crippen LogP contribution in [0.15, 0.2) is 12.1 Å². The van der Waals surface area contributed by atoms with E-state index >= 15 is 0 Å². The smallest absolute Gasteiger partial charge is 0.335 e. The van der Waals surface area contributed by atoms with Crippen LogP contribution in [0.25, 0.3) is 0 Å². The van der Waals surface area contributed by atoms with Crippen molar-refractivity contribution in [1.29, 1.82) is 0 Å². The summed E-state index contributed by atoms with van der Waals surface area (Å²) >= 11 is 1.94. The predicted molar refractivity (Wildman–Crippen MR) is 79.4 cm³/mol. The predicted octanol–water partition coefficient (Wildman–Crippen LogP) is 2.84. The van der Waals surface area contributed by atoms with Crippen LogP contribution in [0.3, 0.4) is 0 Å². The zero-order chi connectivity index (χ0) is 14.0. The highest BCUT2D eigenvalue weighted by molar-refractivity contribution is 7.99. The molecule has 0 bridgehead atoms. The van der Waals surface area contributed by atoms with E-state index in [9.17, 15) is 9.90 Å². The molecule has 19 heavy (non-hydrogen) atoms. The van der Waals surface area contributed by atoms with Crippen LogP contribution in [-0.2, 0) is 0 Å². The molecular weight excluding hydrogens is 260 g/mol. The second kappa shape index (κ2) is 5.82. The Morgan fingerprint density at radius 2 is 2.26 bits per heavy atom. The van der Waals surface area contributed by atoms with Gasteiger partial charge >= 0.3 is 5.97 Å². The summed E-state index contributed by atoms with van der Waals surface area (Å²) in [5, 5.41) is 9.23. The maximum Gasteiger partial charge on any atom is 0.335 e. The Labute approximate surface area is 118 Å². The van der Waals surface area contributed by atoms with Gasteiger partial charge in [0.15, 0.2) is 0 Å². The monoisotopic (exact) mass is 280 g/mol. The molecule has 5 heteroatoms. The number of rotatable bonds is 3. The molecule has 0 saturated carbocycles. The van der Waals surface area contributed by atoms with Crippen molar-refractivity contribution in [1.82, 2.24) is 4.98 Å². The van der Waals surface area contributed by atoms with Crippen molar-refractivity contribution >= 4 is 23.5 Å². The minimum atomic E-state index is -0.885. The maximum atomic E-state index is 11.2. The zero-order valence-electron chi connectivity index (χ0n) is 11.6. The lowest BCUT2D eigenvalue weighted by molar-refractivity contribution is 0.0696. The third kappa shape index (κ3) is 3.21. The van der Waals surface area contributed by atoms with E-state index in [1.165, 1.54) is 0 Å². The van der Waals surface area contributed by atoms with Gasteiger partial charge in [0.25, 0.3) is 0 Å². The average molecular weight is 280 g/mol. The van der Waals surface area contributed by atoms with Gasteiger partial charge in [0.2, 0.25) is 0 Å². The molecule has 104 valence electrons. The number of thioether (sulfide) groups is 1. The molecule has 1 unspecified atom stereocenters. The van der Waals surface area contributed by atoms with E-state index in [1.54, 1.807) is 12.1 Å². The van der Waals surface area contributed by atoms with Gasteiger partial charge in [0.05, 0.1) is 5.56 Å². The summed E-state index contributed by atoms with van der Waals surface area (Å²) in [6.07, 6.45) is 0. The van der Waals surface area contributed by atoms with Crippen molar-refractivity contribution in [2.24, 2.45) is 0 Å². The minimum Gasteiger partial charge on any atom is -0.478 e. The highest BCUT2D eigenvalue weighted by Crippen LogP contribution is 2.25. The fraction of sp³-hybridized carbons (Fsp3) is 0.571. The number of carboxylic acid groups (broad SMARTS) is 1. The molecular formula is C14H20N2O2S. The molecule has 1 aliphatic heterocycles. The van der Waals surface area contributed by atoms with Gasteiger partial charge in [-0.05, 0) is 25.0 Å². The van der Waals surface area contributed by atoms with Crippen molar-refractivity contribution in [2.75, 3.05) is 23.0 Å². The first-order chi connectivity index (χ1) is 8.99. The minimum absolute atomic E-state index is 0.229. The molecule has 2 rings (SSSR count).